The van der Waals surface area contributed by atoms with E-state index in [1.807, 2.05) is 5.32 Å². The van der Waals surface area contributed by atoms with Crippen molar-refractivity contribution in [2.24, 2.45) is 0 Å². The first-order chi connectivity index (χ1) is 12.1. The van der Waals surface area contributed by atoms with Gasteiger partial charge in [-0.1, -0.05) is 0 Å². The van der Waals surface area contributed by atoms with Crippen LogP contribution in [0.5, 0.6) is 5.75 Å². The van der Waals surface area contributed by atoms with Crippen LogP contribution in [0.2, 0.25) is 0 Å². The summed E-state index contributed by atoms with van der Waals surface area (Å²) in [7, 11) is 0. The Labute approximate surface area is 141 Å². The molecule has 0 radical (unpaired) electrons. The Bertz CT molecular complexity index is 865. The summed E-state index contributed by atoms with van der Waals surface area (Å²) in [5.74, 6) is -7.16. The third kappa shape index (κ3) is 3.23. The third-order valence-electron chi connectivity index (χ3n) is 3.54. The maximum Gasteiger partial charge on any atom is 0.456 e. The monoisotopic (exact) mass is 379 g/mol. The van der Waals surface area contributed by atoms with Crippen molar-refractivity contribution in [2.45, 2.75) is 18.0 Å². The molecule has 0 spiro atoms. The summed E-state index contributed by atoms with van der Waals surface area (Å²) in [6.07, 6.45) is -3.25. The Morgan fingerprint density at radius 3 is 2.65 bits per heavy atom. The highest BCUT2D eigenvalue weighted by Crippen LogP contribution is 2.36. The Morgan fingerprint density at radius 2 is 2.00 bits per heavy atom. The molecule has 0 saturated carbocycles. The number of hydrogen-bond donors (Lipinski definition) is 2. The molecule has 1 fully saturated rings. The second kappa shape index (κ2) is 6.07. The Morgan fingerprint density at radius 1 is 1.27 bits per heavy atom. The molecule has 0 bridgehead atoms. The van der Waals surface area contributed by atoms with Crippen LogP contribution in [0.15, 0.2) is 18.5 Å². The van der Waals surface area contributed by atoms with Crippen molar-refractivity contribution in [1.29, 1.82) is 0 Å². The van der Waals surface area contributed by atoms with Crippen LogP contribution < -0.4 is 15.4 Å². The van der Waals surface area contributed by atoms with Gasteiger partial charge in [0.15, 0.2) is 18.0 Å². The number of fused-ring (bicyclic) bond motifs is 1. The van der Waals surface area contributed by atoms with E-state index in [0.29, 0.717) is 0 Å². The van der Waals surface area contributed by atoms with Gasteiger partial charge in [-0.3, -0.25) is 10.1 Å². The van der Waals surface area contributed by atoms with Gasteiger partial charge in [-0.25, -0.2) is 14.3 Å². The number of ether oxygens (including phenoxy) is 1. The number of carbonyl (C=O) groups excluding carboxylic acids is 2. The summed E-state index contributed by atoms with van der Waals surface area (Å²) >= 11 is 0. The van der Waals surface area contributed by atoms with Crippen molar-refractivity contribution < 1.29 is 36.3 Å². The van der Waals surface area contributed by atoms with Crippen molar-refractivity contribution in [1.82, 2.24) is 25.2 Å². The van der Waals surface area contributed by atoms with E-state index in [9.17, 15) is 31.5 Å². The molecule has 8 nitrogen and oxygen atoms in total. The number of hydrogen-bond acceptors (Lipinski definition) is 5. The Hall–Kier alpha value is -2.99. The zero-order valence-electron chi connectivity index (χ0n) is 12.7. The lowest BCUT2D eigenvalue weighted by Crippen LogP contribution is -2.51. The van der Waals surface area contributed by atoms with Crippen LogP contribution >= 0.6 is 0 Å². The van der Waals surface area contributed by atoms with Gasteiger partial charge in [-0.05, 0) is 0 Å². The molecule has 3 amide bonds. The molecule has 1 aliphatic rings. The van der Waals surface area contributed by atoms with Crippen LogP contribution in [0.25, 0.3) is 5.65 Å². The highest BCUT2D eigenvalue weighted by atomic mass is 19.4. The van der Waals surface area contributed by atoms with E-state index in [1.165, 1.54) is 12.4 Å². The molecule has 2 aromatic rings. The molecule has 1 saturated heterocycles. The summed E-state index contributed by atoms with van der Waals surface area (Å²) in [5, 5.41) is 8.40. The van der Waals surface area contributed by atoms with Crippen LogP contribution in [0.1, 0.15) is 11.6 Å². The fourth-order valence-corrected chi connectivity index (χ4v) is 2.20. The van der Waals surface area contributed by atoms with E-state index in [-0.39, 0.29) is 17.9 Å². The number of nitrogens with zero attached hydrogens (tertiary/aromatic N) is 3. The lowest BCUT2D eigenvalue weighted by atomic mass is 10.0. The predicted molar refractivity (Wildman–Crippen MR) is 73.8 cm³/mol. The van der Waals surface area contributed by atoms with E-state index in [0.717, 1.165) is 10.6 Å². The molecular weight excluding hydrogens is 369 g/mol. The van der Waals surface area contributed by atoms with Crippen molar-refractivity contribution in [2.75, 3.05) is 13.2 Å². The zero-order chi connectivity index (χ0) is 19.1. The van der Waals surface area contributed by atoms with Crippen molar-refractivity contribution in [3.05, 3.63) is 24.2 Å². The fourth-order valence-electron chi connectivity index (χ4n) is 2.20. The number of imide groups is 1. The van der Waals surface area contributed by atoms with Crippen LogP contribution in [0, 0.1) is 0 Å². The number of nitrogens with one attached hydrogen (secondary N) is 2. The summed E-state index contributed by atoms with van der Waals surface area (Å²) in [4.78, 5) is 26.8. The minimum Gasteiger partial charge on any atom is -0.483 e. The standard InChI is InChI=1S/C13H10F5N5O3/c14-12(15,13(16,17)18)5-26-8-3-7(22-23-2-1-19-9(8)23)6-4-20-11(25)21-10(6)24/h1-3,6H,4-5H2,(H2,20,21,24,25). The number of amides is 3. The quantitative estimate of drug-likeness (QED) is 0.779. The number of imidazole rings is 1. The van der Waals surface area contributed by atoms with E-state index in [2.05, 4.69) is 20.1 Å². The Kier molecular flexibility index (Phi) is 4.16. The maximum absolute atomic E-state index is 13.1. The number of urea groups is 1. The topological polar surface area (TPSA) is 97.6 Å². The maximum atomic E-state index is 13.1. The van der Waals surface area contributed by atoms with Crippen LogP contribution in [-0.2, 0) is 4.79 Å². The summed E-state index contributed by atoms with van der Waals surface area (Å²) in [6.45, 7) is -2.09. The summed E-state index contributed by atoms with van der Waals surface area (Å²) in [6, 6.07) is 0.326. The lowest BCUT2D eigenvalue weighted by molar-refractivity contribution is -0.289. The van der Waals surface area contributed by atoms with Gasteiger partial charge in [-0.2, -0.15) is 27.1 Å². The summed E-state index contributed by atoms with van der Waals surface area (Å²) < 4.78 is 68.8. The van der Waals surface area contributed by atoms with Gasteiger partial charge in [0.2, 0.25) is 5.91 Å². The molecular formula is C13H10F5N5O3. The van der Waals surface area contributed by atoms with Crippen molar-refractivity contribution in [3.8, 4) is 5.75 Å². The smallest absolute Gasteiger partial charge is 0.456 e. The number of carbonyl (C=O) groups is 2. The number of alkyl halides is 5. The normalized spacial score (nSPS) is 18.6. The highest BCUT2D eigenvalue weighted by molar-refractivity contribution is 6.00. The zero-order valence-corrected chi connectivity index (χ0v) is 12.7. The number of halogens is 5. The first kappa shape index (κ1) is 17.8. The molecule has 0 aromatic carbocycles. The van der Waals surface area contributed by atoms with E-state index in [1.54, 1.807) is 0 Å². The first-order valence-electron chi connectivity index (χ1n) is 7.09. The average Bonchev–Trinajstić information content (AvgIpc) is 3.00. The summed E-state index contributed by atoms with van der Waals surface area (Å²) in [5.41, 5.74) is -0.106. The average molecular weight is 379 g/mol. The largest absolute Gasteiger partial charge is 0.483 e. The molecule has 2 aromatic heterocycles. The number of rotatable bonds is 4. The molecule has 13 heteroatoms. The van der Waals surface area contributed by atoms with Gasteiger partial charge >= 0.3 is 18.1 Å². The van der Waals surface area contributed by atoms with Crippen molar-refractivity contribution in [3.63, 3.8) is 0 Å². The fraction of sp³-hybridized carbons (Fsp3) is 0.385. The van der Waals surface area contributed by atoms with Gasteiger partial charge in [0.1, 0.15) is 0 Å². The SMILES string of the molecule is O=C1NCC(c2cc(OCC(F)(F)C(F)(F)F)c3nccn3n2)C(=O)N1. The van der Waals surface area contributed by atoms with E-state index >= 15 is 0 Å². The minimum absolute atomic E-state index is 0.00155. The van der Waals surface area contributed by atoms with Gasteiger partial charge < -0.3 is 10.1 Å². The van der Waals surface area contributed by atoms with Gasteiger partial charge in [0.25, 0.3) is 0 Å². The van der Waals surface area contributed by atoms with E-state index in [4.69, 9.17) is 0 Å². The molecule has 3 rings (SSSR count). The molecule has 0 aliphatic carbocycles. The predicted octanol–water partition coefficient (Wildman–Crippen LogP) is 1.23. The lowest BCUT2D eigenvalue weighted by Gasteiger charge is -2.23. The molecule has 2 N–H and O–H groups in total. The van der Waals surface area contributed by atoms with E-state index < -0.39 is 42.3 Å². The molecule has 1 atom stereocenters. The molecule has 1 aliphatic heterocycles. The van der Waals surface area contributed by atoms with Crippen LogP contribution in [0.4, 0.5) is 26.7 Å². The van der Waals surface area contributed by atoms with Gasteiger partial charge in [0, 0.05) is 25.0 Å². The number of aromatic nitrogens is 3. The minimum atomic E-state index is -5.78. The van der Waals surface area contributed by atoms with Gasteiger partial charge in [0.05, 0.1) is 11.6 Å². The second-order valence-electron chi connectivity index (χ2n) is 5.37. The highest BCUT2D eigenvalue weighted by Gasteiger charge is 2.58. The molecule has 3 heterocycles. The van der Waals surface area contributed by atoms with Crippen molar-refractivity contribution >= 4 is 17.6 Å². The Balaban J connectivity index is 1.92. The van der Waals surface area contributed by atoms with Gasteiger partial charge in [-0.15, -0.1) is 0 Å². The molecule has 140 valence electrons. The second-order valence-corrected chi connectivity index (χ2v) is 5.37. The van der Waals surface area contributed by atoms with Crippen LogP contribution in [0.3, 0.4) is 0 Å². The molecule has 1 unspecified atom stereocenters. The third-order valence-corrected chi connectivity index (χ3v) is 3.54. The molecule has 26 heavy (non-hydrogen) atoms. The first-order valence-corrected chi connectivity index (χ1v) is 7.09. The van der Waals surface area contributed by atoms with Crippen LogP contribution in [-0.4, -0.2) is 51.8 Å².